The molecule has 0 saturated carbocycles. The Hall–Kier alpha value is -0.440. The molecule has 0 heterocycles. The van der Waals surface area contributed by atoms with Gasteiger partial charge in [0.1, 0.15) is 0 Å². The summed E-state index contributed by atoms with van der Waals surface area (Å²) in [5.74, 6) is -0.832. The molecule has 0 bridgehead atoms. The zero-order chi connectivity index (χ0) is 6.57. The lowest BCUT2D eigenvalue weighted by Crippen LogP contribution is -1.92. The largest absolute Gasteiger partial charge is 0.394 e. The fourth-order valence-electron chi connectivity index (χ4n) is 0.118. The van der Waals surface area contributed by atoms with Crippen molar-refractivity contribution in [2.75, 3.05) is 0 Å². The van der Waals surface area contributed by atoms with Crippen LogP contribution >= 0.6 is 8.60 Å². The third-order valence-electron chi connectivity index (χ3n) is 0.338. The predicted molar refractivity (Wildman–Crippen MR) is 27.6 cm³/mol. The second-order valence-electron chi connectivity index (χ2n) is 0.867. The Kier molecular flexibility index (Phi) is 3.35. The molecule has 0 unspecified atom stereocenters. The van der Waals surface area contributed by atoms with Crippen LogP contribution in [0.15, 0.2) is 12.7 Å². The molecule has 0 radical (unpaired) electrons. The van der Waals surface area contributed by atoms with E-state index in [4.69, 9.17) is 9.79 Å². The molecule has 0 atom stereocenters. The minimum atomic E-state index is -2.57. The van der Waals surface area contributed by atoms with Gasteiger partial charge in [-0.1, -0.05) is 6.58 Å². The van der Waals surface area contributed by atoms with Gasteiger partial charge in [0.25, 0.3) is 0 Å². The summed E-state index contributed by atoms with van der Waals surface area (Å²) < 4.78 is 3.82. The van der Waals surface area contributed by atoms with Gasteiger partial charge >= 0.3 is 14.6 Å². The molecule has 2 N–H and O–H groups in total. The maximum atomic E-state index is 9.98. The summed E-state index contributed by atoms with van der Waals surface area (Å²) in [6.07, 6.45) is 0.849. The topological polar surface area (TPSA) is 66.8 Å². The van der Waals surface area contributed by atoms with Crippen LogP contribution in [-0.4, -0.2) is 15.8 Å². The fraction of sp³-hybridized carbons (Fsp3) is 0. The van der Waals surface area contributed by atoms with Crippen molar-refractivity contribution in [1.29, 1.82) is 0 Å². The van der Waals surface area contributed by atoms with Crippen LogP contribution in [0.3, 0.4) is 0 Å². The van der Waals surface area contributed by atoms with Crippen LogP contribution in [0.2, 0.25) is 0 Å². The van der Waals surface area contributed by atoms with Gasteiger partial charge in [-0.3, -0.25) is 0 Å². The zero-order valence-corrected chi connectivity index (χ0v) is 4.84. The van der Waals surface area contributed by atoms with Gasteiger partial charge in [0.2, 0.25) is 0 Å². The predicted octanol–water partition coefficient (Wildman–Crippen LogP) is -0.0729. The molecular formula is C3H5O4P. The van der Waals surface area contributed by atoms with E-state index in [9.17, 15) is 4.79 Å². The van der Waals surface area contributed by atoms with Gasteiger partial charge in [0.05, 0.1) is 0 Å². The fourth-order valence-corrected chi connectivity index (χ4v) is 0.353. The van der Waals surface area contributed by atoms with E-state index in [-0.39, 0.29) is 0 Å². The minimum Gasteiger partial charge on any atom is -0.391 e. The Balaban J connectivity index is 3.39. The molecule has 0 rings (SSSR count). The summed E-state index contributed by atoms with van der Waals surface area (Å²) in [6.45, 7) is 3.03. The van der Waals surface area contributed by atoms with Crippen LogP contribution < -0.4 is 0 Å². The summed E-state index contributed by atoms with van der Waals surface area (Å²) in [5.41, 5.74) is 0. The van der Waals surface area contributed by atoms with Crippen LogP contribution in [0.25, 0.3) is 0 Å². The molecule has 0 aromatic heterocycles. The van der Waals surface area contributed by atoms with E-state index in [1.165, 1.54) is 0 Å². The average molecular weight is 136 g/mol. The van der Waals surface area contributed by atoms with E-state index < -0.39 is 14.6 Å². The van der Waals surface area contributed by atoms with Gasteiger partial charge in [-0.25, -0.2) is 4.79 Å². The van der Waals surface area contributed by atoms with Gasteiger partial charge in [-0.15, -0.1) is 0 Å². The molecule has 0 spiro atoms. The molecule has 0 fully saturated rings. The minimum absolute atomic E-state index is 0.832. The highest BCUT2D eigenvalue weighted by molar-refractivity contribution is 7.40. The molecule has 46 valence electrons. The summed E-state index contributed by atoms with van der Waals surface area (Å²) in [6, 6.07) is 0. The number of carbonyl (C=O) groups excluding carboxylic acids is 1. The van der Waals surface area contributed by atoms with Crippen LogP contribution in [0.4, 0.5) is 0 Å². The lowest BCUT2D eigenvalue weighted by Gasteiger charge is -1.96. The van der Waals surface area contributed by atoms with Gasteiger partial charge in [-0.2, -0.15) is 0 Å². The van der Waals surface area contributed by atoms with E-state index in [1.54, 1.807) is 0 Å². The monoisotopic (exact) mass is 136 g/mol. The second kappa shape index (κ2) is 3.55. The Labute approximate surface area is 47.4 Å². The van der Waals surface area contributed by atoms with Crippen LogP contribution in [0.5, 0.6) is 0 Å². The normalized spacial score (nSPS) is 8.88. The number of hydrogen-bond donors (Lipinski definition) is 2. The highest BCUT2D eigenvalue weighted by Gasteiger charge is 2.02. The van der Waals surface area contributed by atoms with Crippen molar-refractivity contribution >= 4 is 14.6 Å². The molecule has 0 aliphatic heterocycles. The summed E-state index contributed by atoms with van der Waals surface area (Å²) in [4.78, 5) is 25.9. The maximum absolute atomic E-state index is 9.98. The van der Waals surface area contributed by atoms with Gasteiger partial charge in [-0.05, 0) is 0 Å². The first-order valence-corrected chi connectivity index (χ1v) is 2.85. The molecular weight excluding hydrogens is 131 g/mol. The van der Waals surface area contributed by atoms with Crippen molar-refractivity contribution < 1.29 is 19.1 Å². The first-order valence-electron chi connectivity index (χ1n) is 1.69. The second-order valence-corrected chi connectivity index (χ2v) is 1.56. The maximum Gasteiger partial charge on any atom is 0.394 e. The molecule has 8 heavy (non-hydrogen) atoms. The third-order valence-corrected chi connectivity index (χ3v) is 0.682. The lowest BCUT2D eigenvalue weighted by molar-refractivity contribution is -0.129. The molecule has 0 aromatic carbocycles. The summed E-state index contributed by atoms with van der Waals surface area (Å²) >= 11 is 0. The van der Waals surface area contributed by atoms with Gasteiger partial charge < -0.3 is 14.3 Å². The zero-order valence-electron chi connectivity index (χ0n) is 3.94. The first kappa shape index (κ1) is 7.56. The highest BCUT2D eigenvalue weighted by Crippen LogP contribution is 2.23. The first-order chi connectivity index (χ1) is 3.66. The molecule has 0 amide bonds. The van der Waals surface area contributed by atoms with Crippen molar-refractivity contribution in [2.24, 2.45) is 0 Å². The van der Waals surface area contributed by atoms with Crippen LogP contribution in [0.1, 0.15) is 0 Å². The van der Waals surface area contributed by atoms with E-state index in [2.05, 4.69) is 11.1 Å². The smallest absolute Gasteiger partial charge is 0.391 e. The number of carbonyl (C=O) groups is 1. The van der Waals surface area contributed by atoms with E-state index in [1.807, 2.05) is 0 Å². The summed E-state index contributed by atoms with van der Waals surface area (Å²) in [5, 5.41) is 0. The molecule has 0 aliphatic carbocycles. The van der Waals surface area contributed by atoms with Gasteiger partial charge in [0.15, 0.2) is 0 Å². The standard InChI is InChI=1S/C3H5O4P/c1-2-3(4)7-8(5)6/h2,5-6H,1H2. The van der Waals surface area contributed by atoms with Crippen molar-refractivity contribution in [3.05, 3.63) is 12.7 Å². The average Bonchev–Trinajstić information content (AvgIpc) is 1.65. The Morgan fingerprint density at radius 1 is 1.75 bits per heavy atom. The third kappa shape index (κ3) is 3.74. The van der Waals surface area contributed by atoms with Crippen molar-refractivity contribution in [3.63, 3.8) is 0 Å². The highest BCUT2D eigenvalue weighted by atomic mass is 31.2. The summed E-state index contributed by atoms with van der Waals surface area (Å²) in [7, 11) is -2.57. The van der Waals surface area contributed by atoms with Gasteiger partial charge in [0, 0.05) is 6.08 Å². The molecule has 0 saturated heterocycles. The van der Waals surface area contributed by atoms with Crippen molar-refractivity contribution in [2.45, 2.75) is 0 Å². The number of hydrogen-bond acceptors (Lipinski definition) is 4. The van der Waals surface area contributed by atoms with E-state index >= 15 is 0 Å². The quantitative estimate of drug-likeness (QED) is 0.411. The van der Waals surface area contributed by atoms with E-state index in [0.29, 0.717) is 0 Å². The Morgan fingerprint density at radius 3 is 2.38 bits per heavy atom. The lowest BCUT2D eigenvalue weighted by atomic mass is 10.7. The Bertz CT molecular complexity index is 99.5. The van der Waals surface area contributed by atoms with Crippen molar-refractivity contribution in [1.82, 2.24) is 0 Å². The molecule has 0 aromatic rings. The number of rotatable bonds is 2. The van der Waals surface area contributed by atoms with E-state index in [0.717, 1.165) is 6.08 Å². The van der Waals surface area contributed by atoms with Crippen LogP contribution in [0, 0.1) is 0 Å². The van der Waals surface area contributed by atoms with Crippen molar-refractivity contribution in [3.8, 4) is 0 Å². The molecule has 5 heteroatoms. The SMILES string of the molecule is C=CC(=O)OP(O)O. The van der Waals surface area contributed by atoms with Crippen LogP contribution in [-0.2, 0) is 9.32 Å². The molecule has 4 nitrogen and oxygen atoms in total. The molecule has 0 aliphatic rings. The Morgan fingerprint density at radius 2 is 2.25 bits per heavy atom.